The van der Waals surface area contributed by atoms with Gasteiger partial charge in [-0.1, -0.05) is 11.2 Å². The number of anilines is 2. The van der Waals surface area contributed by atoms with Crippen molar-refractivity contribution >= 4 is 34.9 Å². The maximum absolute atomic E-state index is 15.0. The normalized spacial score (nSPS) is 17.9. The topological polar surface area (TPSA) is 108 Å². The summed E-state index contributed by atoms with van der Waals surface area (Å²) in [5, 5.41) is 6.38. The van der Waals surface area contributed by atoms with Crippen LogP contribution in [0.3, 0.4) is 0 Å². The number of rotatable bonds is 6. The van der Waals surface area contributed by atoms with Crippen molar-refractivity contribution in [3.63, 3.8) is 0 Å². The Balaban J connectivity index is 1.45. The van der Waals surface area contributed by atoms with Gasteiger partial charge in [0.05, 0.1) is 30.7 Å². The van der Waals surface area contributed by atoms with E-state index in [9.17, 15) is 14.4 Å². The van der Waals surface area contributed by atoms with E-state index < -0.39 is 18.0 Å². The van der Waals surface area contributed by atoms with Crippen LogP contribution in [0.2, 0.25) is 0 Å². The average Bonchev–Trinajstić information content (AvgIpc) is 3.44. The second-order valence-corrected chi connectivity index (χ2v) is 8.38. The molecule has 1 saturated heterocycles. The van der Waals surface area contributed by atoms with Gasteiger partial charge in [-0.2, -0.15) is 0 Å². The Morgan fingerprint density at radius 2 is 2.12 bits per heavy atom. The van der Waals surface area contributed by atoms with Crippen molar-refractivity contribution in [2.75, 3.05) is 50.1 Å². The zero-order valence-corrected chi connectivity index (χ0v) is 19.2. The van der Waals surface area contributed by atoms with Gasteiger partial charge in [0.1, 0.15) is 17.5 Å². The van der Waals surface area contributed by atoms with Crippen LogP contribution in [0, 0.1) is 5.82 Å². The monoisotopic (exact) mass is 471 g/mol. The van der Waals surface area contributed by atoms with E-state index in [-0.39, 0.29) is 24.9 Å². The first kappa shape index (κ1) is 23.3. The van der Waals surface area contributed by atoms with E-state index in [2.05, 4.69) is 10.5 Å². The fraction of sp³-hybridized carbons (Fsp3) is 0.391. The highest BCUT2D eigenvalue weighted by atomic mass is 19.1. The van der Waals surface area contributed by atoms with Gasteiger partial charge in [0, 0.05) is 34.1 Å². The van der Waals surface area contributed by atoms with Gasteiger partial charge >= 0.3 is 6.09 Å². The Hall–Kier alpha value is -3.89. The SMILES string of the molecule is CC(=O)NC[C@H]1CN(c2ccc(N3CC=C(c4oncc4C(=O)N(C)C)CC3)c(F)c2)C(=O)O1. The molecule has 1 aromatic carbocycles. The largest absolute Gasteiger partial charge is 0.442 e. The lowest BCUT2D eigenvalue weighted by atomic mass is 10.0. The second-order valence-electron chi connectivity index (χ2n) is 8.38. The van der Waals surface area contributed by atoms with Gasteiger partial charge in [-0.25, -0.2) is 9.18 Å². The van der Waals surface area contributed by atoms with E-state index in [0.717, 1.165) is 5.57 Å². The Labute approximate surface area is 195 Å². The van der Waals surface area contributed by atoms with Crippen LogP contribution in [-0.4, -0.2) is 74.3 Å². The molecule has 1 atom stereocenters. The lowest BCUT2D eigenvalue weighted by molar-refractivity contribution is -0.119. The first-order valence-electron chi connectivity index (χ1n) is 10.9. The summed E-state index contributed by atoms with van der Waals surface area (Å²) in [6.45, 7) is 2.75. The summed E-state index contributed by atoms with van der Waals surface area (Å²) in [5.41, 5.74) is 2.04. The lowest BCUT2D eigenvalue weighted by Gasteiger charge is -2.29. The van der Waals surface area contributed by atoms with Crippen molar-refractivity contribution in [1.82, 2.24) is 15.4 Å². The molecule has 2 aliphatic rings. The summed E-state index contributed by atoms with van der Waals surface area (Å²) in [6.07, 6.45) is 2.78. The number of benzene rings is 1. The first-order chi connectivity index (χ1) is 16.2. The minimum atomic E-state index is -0.580. The minimum Gasteiger partial charge on any atom is -0.442 e. The predicted molar refractivity (Wildman–Crippen MR) is 122 cm³/mol. The number of hydrogen-bond acceptors (Lipinski definition) is 7. The van der Waals surface area contributed by atoms with Crippen molar-refractivity contribution in [2.24, 2.45) is 0 Å². The highest BCUT2D eigenvalue weighted by Crippen LogP contribution is 2.32. The van der Waals surface area contributed by atoms with E-state index in [1.54, 1.807) is 26.2 Å². The Morgan fingerprint density at radius 3 is 2.76 bits per heavy atom. The smallest absolute Gasteiger partial charge is 0.414 e. The number of carbonyl (C=O) groups is 3. The molecule has 1 N–H and O–H groups in total. The highest BCUT2D eigenvalue weighted by molar-refractivity contribution is 5.97. The molecule has 180 valence electrons. The van der Waals surface area contributed by atoms with Gasteiger partial charge in [-0.15, -0.1) is 0 Å². The molecule has 0 aliphatic carbocycles. The third-order valence-corrected chi connectivity index (χ3v) is 5.74. The van der Waals surface area contributed by atoms with Gasteiger partial charge in [-0.05, 0) is 30.2 Å². The van der Waals surface area contributed by atoms with Gasteiger partial charge in [0.2, 0.25) is 5.91 Å². The Bertz CT molecular complexity index is 1140. The summed E-state index contributed by atoms with van der Waals surface area (Å²) >= 11 is 0. The molecular formula is C23H26FN5O5. The van der Waals surface area contributed by atoms with Crippen LogP contribution in [0.4, 0.5) is 20.6 Å². The van der Waals surface area contributed by atoms with Crippen LogP contribution in [-0.2, 0) is 9.53 Å². The van der Waals surface area contributed by atoms with E-state index >= 15 is 4.39 Å². The number of aromatic nitrogens is 1. The number of nitrogens with one attached hydrogen (secondary N) is 1. The van der Waals surface area contributed by atoms with Crippen molar-refractivity contribution in [3.05, 3.63) is 47.6 Å². The summed E-state index contributed by atoms with van der Waals surface area (Å²) in [6, 6.07) is 4.61. The standard InChI is InChI=1S/C23H26FN5O5/c1-14(30)25-11-17-13-29(23(32)33-17)16-4-5-20(19(24)10-16)28-8-6-15(7-9-28)21-18(12-26-34-21)22(31)27(2)3/h4-6,10,12,17H,7-9,11,13H2,1-3H3,(H,25,30)/t17-/m0/s1. The molecule has 1 fully saturated rings. The van der Waals surface area contributed by atoms with Crippen molar-refractivity contribution in [2.45, 2.75) is 19.4 Å². The molecule has 2 aromatic rings. The molecule has 0 unspecified atom stereocenters. The third kappa shape index (κ3) is 4.73. The Morgan fingerprint density at radius 1 is 1.32 bits per heavy atom. The Kier molecular flexibility index (Phi) is 6.53. The van der Waals surface area contributed by atoms with Gasteiger partial charge < -0.3 is 24.4 Å². The quantitative estimate of drug-likeness (QED) is 0.689. The van der Waals surface area contributed by atoms with E-state index in [1.165, 1.54) is 29.0 Å². The summed E-state index contributed by atoms with van der Waals surface area (Å²) in [4.78, 5) is 40.3. The van der Waals surface area contributed by atoms with Crippen molar-refractivity contribution in [1.29, 1.82) is 0 Å². The van der Waals surface area contributed by atoms with Crippen LogP contribution >= 0.6 is 0 Å². The van der Waals surface area contributed by atoms with Crippen LogP contribution in [0.15, 0.2) is 35.0 Å². The molecule has 0 spiro atoms. The third-order valence-electron chi connectivity index (χ3n) is 5.74. The lowest BCUT2D eigenvalue weighted by Crippen LogP contribution is -2.33. The molecule has 0 radical (unpaired) electrons. The molecule has 34 heavy (non-hydrogen) atoms. The fourth-order valence-corrected chi connectivity index (χ4v) is 3.97. The molecule has 3 amide bonds. The zero-order valence-electron chi connectivity index (χ0n) is 19.2. The number of ether oxygens (including phenoxy) is 1. The molecule has 1 aromatic heterocycles. The molecule has 0 saturated carbocycles. The van der Waals surface area contributed by atoms with Gasteiger partial charge in [0.25, 0.3) is 5.91 Å². The number of nitrogens with zero attached hydrogens (tertiary/aromatic N) is 4. The van der Waals surface area contributed by atoms with Crippen LogP contribution < -0.4 is 15.1 Å². The zero-order chi connectivity index (χ0) is 24.4. The molecular weight excluding hydrogens is 445 g/mol. The van der Waals surface area contributed by atoms with Crippen LogP contribution in [0.5, 0.6) is 0 Å². The highest BCUT2D eigenvalue weighted by Gasteiger charge is 2.33. The molecule has 0 bridgehead atoms. The summed E-state index contributed by atoms with van der Waals surface area (Å²) in [5.74, 6) is -0.431. The number of halogens is 1. The molecule has 4 rings (SSSR count). The van der Waals surface area contributed by atoms with Crippen LogP contribution in [0.1, 0.15) is 29.5 Å². The number of carbonyl (C=O) groups excluding carboxylic acids is 3. The average molecular weight is 471 g/mol. The van der Waals surface area contributed by atoms with E-state index in [4.69, 9.17) is 9.26 Å². The minimum absolute atomic E-state index is 0.194. The van der Waals surface area contributed by atoms with Crippen molar-refractivity contribution < 1.29 is 28.0 Å². The molecule has 3 heterocycles. The van der Waals surface area contributed by atoms with Crippen molar-refractivity contribution in [3.8, 4) is 0 Å². The number of amides is 3. The maximum Gasteiger partial charge on any atom is 0.414 e. The van der Waals surface area contributed by atoms with Gasteiger partial charge in [-0.3, -0.25) is 14.5 Å². The first-order valence-corrected chi connectivity index (χ1v) is 10.9. The summed E-state index contributed by atoms with van der Waals surface area (Å²) < 4.78 is 25.6. The van der Waals surface area contributed by atoms with Crippen LogP contribution in [0.25, 0.3) is 5.57 Å². The number of hydrogen-bond donors (Lipinski definition) is 1. The maximum atomic E-state index is 15.0. The van der Waals surface area contributed by atoms with E-state index in [0.29, 0.717) is 42.2 Å². The second kappa shape index (κ2) is 9.54. The predicted octanol–water partition coefficient (Wildman–Crippen LogP) is 2.27. The molecule has 11 heteroatoms. The fourth-order valence-electron chi connectivity index (χ4n) is 3.97. The number of cyclic esters (lactones) is 1. The summed E-state index contributed by atoms with van der Waals surface area (Å²) in [7, 11) is 3.32. The molecule has 2 aliphatic heterocycles. The van der Waals surface area contributed by atoms with Gasteiger partial charge in [0.15, 0.2) is 5.76 Å². The van der Waals surface area contributed by atoms with E-state index in [1.807, 2.05) is 11.0 Å². The molecule has 10 nitrogen and oxygen atoms in total.